The Morgan fingerprint density at radius 1 is 1.16 bits per heavy atom. The normalized spacial score (nSPS) is 18.2. The number of carbonyl (C=O) groups excluding carboxylic acids is 1. The quantitative estimate of drug-likeness (QED) is 0.606. The van der Waals surface area contributed by atoms with Crippen LogP contribution < -0.4 is 15.5 Å². The summed E-state index contributed by atoms with van der Waals surface area (Å²) in [6.07, 6.45) is 2.91. The Balaban J connectivity index is 1.41. The van der Waals surface area contributed by atoms with Crippen LogP contribution in [0, 0.1) is 0 Å². The molecular weight excluding hydrogens is 314 g/mol. The molecule has 0 aromatic heterocycles. The number of anilines is 1. The molecule has 0 atom stereocenters. The SMILES string of the molecule is CCNC(=NCCC(=O)N1CCN(c2ccccc2)CC1)NC1CC1. The smallest absolute Gasteiger partial charge is 0.224 e. The van der Waals surface area contributed by atoms with Crippen molar-refractivity contribution >= 4 is 17.6 Å². The standard InChI is InChI=1S/C19H29N5O/c1-2-20-19(22-16-8-9-16)21-11-10-18(25)24-14-12-23(13-15-24)17-6-4-3-5-7-17/h3-7,16H,2,8-15H2,1H3,(H2,20,21,22). The molecule has 1 saturated carbocycles. The van der Waals surface area contributed by atoms with Crippen LogP contribution in [0.2, 0.25) is 0 Å². The average molecular weight is 343 g/mol. The number of amides is 1. The highest BCUT2D eigenvalue weighted by atomic mass is 16.2. The third-order valence-corrected chi connectivity index (χ3v) is 4.61. The fraction of sp³-hybridized carbons (Fsp3) is 0.579. The van der Waals surface area contributed by atoms with Crippen molar-refractivity contribution in [1.29, 1.82) is 0 Å². The molecule has 6 nitrogen and oxygen atoms in total. The maximum atomic E-state index is 12.4. The van der Waals surface area contributed by atoms with Crippen molar-refractivity contribution in [2.45, 2.75) is 32.2 Å². The van der Waals surface area contributed by atoms with Gasteiger partial charge in [-0.05, 0) is 31.9 Å². The van der Waals surface area contributed by atoms with Crippen molar-refractivity contribution in [1.82, 2.24) is 15.5 Å². The largest absolute Gasteiger partial charge is 0.368 e. The van der Waals surface area contributed by atoms with Gasteiger partial charge in [-0.3, -0.25) is 9.79 Å². The van der Waals surface area contributed by atoms with E-state index < -0.39 is 0 Å². The van der Waals surface area contributed by atoms with Crippen LogP contribution in [0.3, 0.4) is 0 Å². The molecule has 1 aliphatic carbocycles. The topological polar surface area (TPSA) is 60.0 Å². The van der Waals surface area contributed by atoms with E-state index in [1.165, 1.54) is 18.5 Å². The molecule has 2 N–H and O–H groups in total. The zero-order valence-corrected chi connectivity index (χ0v) is 15.1. The summed E-state index contributed by atoms with van der Waals surface area (Å²) < 4.78 is 0. The summed E-state index contributed by atoms with van der Waals surface area (Å²) >= 11 is 0. The van der Waals surface area contributed by atoms with Gasteiger partial charge in [0.25, 0.3) is 0 Å². The minimum atomic E-state index is 0.207. The third-order valence-electron chi connectivity index (χ3n) is 4.61. The summed E-state index contributed by atoms with van der Waals surface area (Å²) in [5.74, 6) is 1.05. The summed E-state index contributed by atoms with van der Waals surface area (Å²) in [5.41, 5.74) is 1.24. The first-order valence-electron chi connectivity index (χ1n) is 9.39. The molecular formula is C19H29N5O. The molecule has 1 aliphatic heterocycles. The predicted octanol–water partition coefficient (Wildman–Crippen LogP) is 1.44. The molecule has 1 aromatic carbocycles. The van der Waals surface area contributed by atoms with E-state index in [0.29, 0.717) is 19.0 Å². The van der Waals surface area contributed by atoms with Crippen LogP contribution >= 0.6 is 0 Å². The monoisotopic (exact) mass is 343 g/mol. The first-order chi connectivity index (χ1) is 12.3. The maximum Gasteiger partial charge on any atom is 0.224 e. The van der Waals surface area contributed by atoms with E-state index in [1.807, 2.05) is 11.0 Å². The van der Waals surface area contributed by atoms with E-state index in [2.05, 4.69) is 51.7 Å². The van der Waals surface area contributed by atoms with Crippen molar-refractivity contribution in [3.05, 3.63) is 30.3 Å². The van der Waals surface area contributed by atoms with Gasteiger partial charge in [0.05, 0.1) is 6.54 Å². The van der Waals surface area contributed by atoms with Crippen LogP contribution in [0.15, 0.2) is 35.3 Å². The Morgan fingerprint density at radius 2 is 1.88 bits per heavy atom. The molecule has 1 saturated heterocycles. The number of hydrogen-bond donors (Lipinski definition) is 2. The zero-order chi connectivity index (χ0) is 17.5. The number of carbonyl (C=O) groups is 1. The summed E-state index contributed by atoms with van der Waals surface area (Å²) in [5, 5.41) is 6.61. The van der Waals surface area contributed by atoms with Gasteiger partial charge in [0.1, 0.15) is 0 Å². The van der Waals surface area contributed by atoms with Crippen molar-refractivity contribution in [3.63, 3.8) is 0 Å². The first kappa shape index (κ1) is 17.6. The molecule has 1 heterocycles. The number of piperazine rings is 1. The van der Waals surface area contributed by atoms with Crippen LogP contribution in [0.4, 0.5) is 5.69 Å². The zero-order valence-electron chi connectivity index (χ0n) is 15.1. The minimum Gasteiger partial charge on any atom is -0.368 e. The summed E-state index contributed by atoms with van der Waals surface area (Å²) in [4.78, 5) is 21.2. The van der Waals surface area contributed by atoms with Gasteiger partial charge >= 0.3 is 0 Å². The van der Waals surface area contributed by atoms with E-state index in [-0.39, 0.29) is 5.91 Å². The predicted molar refractivity (Wildman–Crippen MR) is 102 cm³/mol. The van der Waals surface area contributed by atoms with E-state index in [1.54, 1.807) is 0 Å². The van der Waals surface area contributed by atoms with Gasteiger partial charge in [-0.25, -0.2) is 0 Å². The number of nitrogens with one attached hydrogen (secondary N) is 2. The lowest BCUT2D eigenvalue weighted by Crippen LogP contribution is -2.49. The number of benzene rings is 1. The number of guanidine groups is 1. The Labute approximate surface area is 150 Å². The molecule has 3 rings (SSSR count). The van der Waals surface area contributed by atoms with Crippen LogP contribution in [-0.4, -0.2) is 62.1 Å². The average Bonchev–Trinajstić information content (AvgIpc) is 3.47. The second-order valence-corrected chi connectivity index (χ2v) is 6.63. The van der Waals surface area contributed by atoms with Crippen molar-refractivity contribution in [2.75, 3.05) is 44.2 Å². The van der Waals surface area contributed by atoms with E-state index in [4.69, 9.17) is 0 Å². The number of aliphatic imine (C=N–C) groups is 1. The molecule has 1 amide bonds. The summed E-state index contributed by atoms with van der Waals surface area (Å²) in [7, 11) is 0. The molecule has 0 spiro atoms. The maximum absolute atomic E-state index is 12.4. The first-order valence-corrected chi connectivity index (χ1v) is 9.39. The van der Waals surface area contributed by atoms with Gasteiger partial charge in [-0.2, -0.15) is 0 Å². The lowest BCUT2D eigenvalue weighted by atomic mass is 10.2. The molecule has 25 heavy (non-hydrogen) atoms. The van der Waals surface area contributed by atoms with Gasteiger partial charge < -0.3 is 20.4 Å². The van der Waals surface area contributed by atoms with Gasteiger partial charge in [0.15, 0.2) is 5.96 Å². The van der Waals surface area contributed by atoms with Gasteiger partial charge in [0, 0.05) is 50.9 Å². The molecule has 0 bridgehead atoms. The van der Waals surface area contributed by atoms with Gasteiger partial charge in [-0.1, -0.05) is 18.2 Å². The van der Waals surface area contributed by atoms with Crippen LogP contribution in [0.5, 0.6) is 0 Å². The fourth-order valence-electron chi connectivity index (χ4n) is 3.02. The highest BCUT2D eigenvalue weighted by Gasteiger charge is 2.23. The lowest BCUT2D eigenvalue weighted by Gasteiger charge is -2.36. The summed E-state index contributed by atoms with van der Waals surface area (Å²) in [6, 6.07) is 11.0. The Morgan fingerprint density at radius 3 is 2.52 bits per heavy atom. The second-order valence-electron chi connectivity index (χ2n) is 6.63. The Bertz CT molecular complexity index is 577. The summed E-state index contributed by atoms with van der Waals surface area (Å²) in [6.45, 7) is 6.81. The number of nitrogens with zero attached hydrogens (tertiary/aromatic N) is 3. The van der Waals surface area contributed by atoms with Crippen LogP contribution in [-0.2, 0) is 4.79 Å². The highest BCUT2D eigenvalue weighted by Crippen LogP contribution is 2.18. The Hall–Kier alpha value is -2.24. The lowest BCUT2D eigenvalue weighted by molar-refractivity contribution is -0.131. The number of hydrogen-bond acceptors (Lipinski definition) is 3. The molecule has 0 radical (unpaired) electrons. The molecule has 2 fully saturated rings. The van der Waals surface area contributed by atoms with Crippen molar-refractivity contribution in [3.8, 4) is 0 Å². The molecule has 0 unspecified atom stereocenters. The number of rotatable bonds is 6. The van der Waals surface area contributed by atoms with Crippen LogP contribution in [0.1, 0.15) is 26.2 Å². The van der Waals surface area contributed by atoms with Crippen LogP contribution in [0.25, 0.3) is 0 Å². The second kappa shape index (κ2) is 8.74. The number of para-hydroxylation sites is 1. The van der Waals surface area contributed by atoms with Gasteiger partial charge in [0.2, 0.25) is 5.91 Å². The molecule has 2 aliphatic rings. The molecule has 136 valence electrons. The molecule has 1 aromatic rings. The van der Waals surface area contributed by atoms with E-state index in [0.717, 1.165) is 38.7 Å². The third kappa shape index (κ3) is 5.37. The molecule has 6 heteroatoms. The fourth-order valence-corrected chi connectivity index (χ4v) is 3.02. The van der Waals surface area contributed by atoms with E-state index in [9.17, 15) is 4.79 Å². The highest BCUT2D eigenvalue weighted by molar-refractivity contribution is 5.81. The van der Waals surface area contributed by atoms with Crippen molar-refractivity contribution < 1.29 is 4.79 Å². The Kier molecular flexibility index (Phi) is 6.14. The van der Waals surface area contributed by atoms with Gasteiger partial charge in [-0.15, -0.1) is 0 Å². The minimum absolute atomic E-state index is 0.207. The van der Waals surface area contributed by atoms with Crippen molar-refractivity contribution in [2.24, 2.45) is 4.99 Å². The van der Waals surface area contributed by atoms with E-state index >= 15 is 0 Å².